The van der Waals surface area contributed by atoms with Gasteiger partial charge in [-0.2, -0.15) is 0 Å². The summed E-state index contributed by atoms with van der Waals surface area (Å²) < 4.78 is 0. The van der Waals surface area contributed by atoms with Gasteiger partial charge >= 0.3 is 0 Å². The van der Waals surface area contributed by atoms with Crippen molar-refractivity contribution in [1.29, 1.82) is 0 Å². The molecule has 0 bridgehead atoms. The van der Waals surface area contributed by atoms with Crippen molar-refractivity contribution in [3.63, 3.8) is 0 Å². The van der Waals surface area contributed by atoms with Crippen molar-refractivity contribution in [3.8, 4) is 0 Å². The first-order valence-corrected chi connectivity index (χ1v) is 3.72. The Morgan fingerprint density at radius 2 is 2.40 bits per heavy atom. The molecule has 1 unspecified atom stereocenters. The summed E-state index contributed by atoms with van der Waals surface area (Å²) >= 11 is 0. The molecule has 1 saturated carbocycles. The van der Waals surface area contributed by atoms with Gasteiger partial charge < -0.3 is 11.1 Å². The number of hydrogen-bond acceptors (Lipinski definition) is 2. The van der Waals surface area contributed by atoms with Gasteiger partial charge in [0.2, 0.25) is 5.91 Å². The van der Waals surface area contributed by atoms with Crippen molar-refractivity contribution >= 4 is 5.91 Å². The van der Waals surface area contributed by atoms with Crippen LogP contribution in [0.3, 0.4) is 0 Å². The molecule has 58 valence electrons. The fourth-order valence-corrected chi connectivity index (χ4v) is 1.02. The van der Waals surface area contributed by atoms with Gasteiger partial charge in [-0.15, -0.1) is 0 Å². The lowest BCUT2D eigenvalue weighted by Crippen LogP contribution is -2.35. The summed E-state index contributed by atoms with van der Waals surface area (Å²) in [5, 5.41) is 3.07. The molecule has 0 spiro atoms. The first kappa shape index (κ1) is 7.54. The number of amides is 1. The van der Waals surface area contributed by atoms with E-state index < -0.39 is 0 Å². The van der Waals surface area contributed by atoms with Crippen LogP contribution in [0.25, 0.3) is 0 Å². The topological polar surface area (TPSA) is 55.1 Å². The van der Waals surface area contributed by atoms with Gasteiger partial charge in [-0.3, -0.25) is 4.79 Å². The van der Waals surface area contributed by atoms with Gasteiger partial charge in [0, 0.05) is 6.04 Å². The number of carbonyl (C=O) groups excluding carboxylic acids is 1. The third kappa shape index (κ3) is 2.35. The maximum absolute atomic E-state index is 10.3. The Morgan fingerprint density at radius 3 is 2.80 bits per heavy atom. The lowest BCUT2D eigenvalue weighted by Gasteiger charge is -2.09. The van der Waals surface area contributed by atoms with Crippen LogP contribution >= 0.6 is 0 Å². The second kappa shape index (κ2) is 3.01. The summed E-state index contributed by atoms with van der Waals surface area (Å²) in [5.41, 5.74) is 4.96. The molecule has 1 atom stereocenters. The molecule has 1 rings (SSSR count). The summed E-state index contributed by atoms with van der Waals surface area (Å²) in [6.45, 7) is 2.41. The van der Waals surface area contributed by atoms with Crippen molar-refractivity contribution in [2.24, 2.45) is 11.7 Å². The van der Waals surface area contributed by atoms with Crippen LogP contribution in [0.4, 0.5) is 0 Å². The quantitative estimate of drug-likeness (QED) is 0.574. The lowest BCUT2D eigenvalue weighted by molar-refractivity contribution is -0.117. The summed E-state index contributed by atoms with van der Waals surface area (Å²) in [7, 11) is 0. The molecule has 0 aromatic rings. The molecule has 3 heteroatoms. The van der Waals surface area contributed by atoms with Crippen LogP contribution in [0.5, 0.6) is 0 Å². The van der Waals surface area contributed by atoms with Crippen LogP contribution in [0.15, 0.2) is 0 Å². The Kier molecular flexibility index (Phi) is 2.27. The second-order valence-electron chi connectivity index (χ2n) is 2.97. The minimum atomic E-state index is -0.271. The predicted octanol–water partition coefficient (Wildman–Crippen LogP) is -0.140. The molecule has 1 aliphatic carbocycles. The molecule has 0 heterocycles. The SMILES string of the molecule is CC(NCC(N)=O)C1CC1. The number of primary amides is 1. The van der Waals surface area contributed by atoms with Crippen LogP contribution in [0.2, 0.25) is 0 Å². The summed E-state index contributed by atoms with van der Waals surface area (Å²) in [4.78, 5) is 10.3. The monoisotopic (exact) mass is 142 g/mol. The Labute approximate surface area is 61.0 Å². The van der Waals surface area contributed by atoms with E-state index in [4.69, 9.17) is 5.73 Å². The van der Waals surface area contributed by atoms with Gasteiger partial charge in [0.25, 0.3) is 0 Å². The van der Waals surface area contributed by atoms with Gasteiger partial charge in [0.05, 0.1) is 6.54 Å². The van der Waals surface area contributed by atoms with E-state index >= 15 is 0 Å². The molecule has 0 aromatic carbocycles. The molecule has 0 aliphatic heterocycles. The zero-order chi connectivity index (χ0) is 7.56. The van der Waals surface area contributed by atoms with Crippen LogP contribution in [-0.2, 0) is 4.79 Å². The summed E-state index contributed by atoms with van der Waals surface area (Å²) in [6, 6.07) is 0.465. The number of nitrogens with one attached hydrogen (secondary N) is 1. The Morgan fingerprint density at radius 1 is 1.80 bits per heavy atom. The van der Waals surface area contributed by atoms with Crippen LogP contribution in [-0.4, -0.2) is 18.5 Å². The van der Waals surface area contributed by atoms with Crippen LogP contribution < -0.4 is 11.1 Å². The third-order valence-corrected chi connectivity index (χ3v) is 1.93. The van der Waals surface area contributed by atoms with Crippen molar-refractivity contribution in [2.45, 2.75) is 25.8 Å². The third-order valence-electron chi connectivity index (χ3n) is 1.93. The van der Waals surface area contributed by atoms with Gasteiger partial charge in [0.1, 0.15) is 0 Å². The zero-order valence-electron chi connectivity index (χ0n) is 6.26. The fraction of sp³-hybridized carbons (Fsp3) is 0.857. The average Bonchev–Trinajstić information content (AvgIpc) is 2.63. The van der Waals surface area contributed by atoms with Gasteiger partial charge in [0.15, 0.2) is 0 Å². The Hall–Kier alpha value is -0.570. The normalized spacial score (nSPS) is 20.5. The standard InChI is InChI=1S/C7H14N2O/c1-5(6-2-3-6)9-4-7(8)10/h5-6,9H,2-4H2,1H3,(H2,8,10). The molecule has 0 saturated heterocycles. The van der Waals surface area contributed by atoms with Gasteiger partial charge in [-0.25, -0.2) is 0 Å². The molecule has 1 amide bonds. The van der Waals surface area contributed by atoms with Gasteiger partial charge in [-0.05, 0) is 25.7 Å². The highest BCUT2D eigenvalue weighted by Crippen LogP contribution is 2.32. The van der Waals surface area contributed by atoms with Crippen molar-refractivity contribution in [2.75, 3.05) is 6.54 Å². The van der Waals surface area contributed by atoms with Crippen molar-refractivity contribution in [1.82, 2.24) is 5.32 Å². The highest BCUT2D eigenvalue weighted by molar-refractivity contribution is 5.75. The maximum Gasteiger partial charge on any atom is 0.231 e. The highest BCUT2D eigenvalue weighted by atomic mass is 16.1. The molecule has 10 heavy (non-hydrogen) atoms. The molecule has 0 radical (unpaired) electrons. The summed E-state index contributed by atoms with van der Waals surface area (Å²) in [6.07, 6.45) is 2.60. The van der Waals surface area contributed by atoms with E-state index in [1.807, 2.05) is 0 Å². The minimum Gasteiger partial charge on any atom is -0.369 e. The Bertz CT molecular complexity index is 132. The number of carbonyl (C=O) groups is 1. The molecule has 3 N–H and O–H groups in total. The molecular formula is C7H14N2O. The highest BCUT2D eigenvalue weighted by Gasteiger charge is 2.27. The molecule has 0 aromatic heterocycles. The van der Waals surface area contributed by atoms with Crippen LogP contribution in [0, 0.1) is 5.92 Å². The van der Waals surface area contributed by atoms with E-state index in [2.05, 4.69) is 12.2 Å². The minimum absolute atomic E-state index is 0.271. The van der Waals surface area contributed by atoms with Crippen LogP contribution in [0.1, 0.15) is 19.8 Å². The lowest BCUT2D eigenvalue weighted by atomic mass is 10.2. The van der Waals surface area contributed by atoms with E-state index in [-0.39, 0.29) is 5.91 Å². The largest absolute Gasteiger partial charge is 0.369 e. The number of nitrogens with two attached hydrogens (primary N) is 1. The number of hydrogen-bond donors (Lipinski definition) is 2. The van der Waals surface area contributed by atoms with E-state index in [1.165, 1.54) is 12.8 Å². The molecular weight excluding hydrogens is 128 g/mol. The van der Waals surface area contributed by atoms with E-state index in [0.717, 1.165) is 5.92 Å². The number of rotatable bonds is 4. The summed E-state index contributed by atoms with van der Waals surface area (Å²) in [5.74, 6) is 0.520. The first-order chi connectivity index (χ1) is 4.70. The second-order valence-corrected chi connectivity index (χ2v) is 2.97. The average molecular weight is 142 g/mol. The van der Waals surface area contributed by atoms with Gasteiger partial charge in [-0.1, -0.05) is 0 Å². The van der Waals surface area contributed by atoms with E-state index in [1.54, 1.807) is 0 Å². The zero-order valence-corrected chi connectivity index (χ0v) is 6.26. The predicted molar refractivity (Wildman–Crippen MR) is 39.4 cm³/mol. The maximum atomic E-state index is 10.3. The smallest absolute Gasteiger partial charge is 0.231 e. The van der Waals surface area contributed by atoms with Crippen molar-refractivity contribution in [3.05, 3.63) is 0 Å². The van der Waals surface area contributed by atoms with E-state index in [0.29, 0.717) is 12.6 Å². The molecule has 1 fully saturated rings. The molecule has 3 nitrogen and oxygen atoms in total. The first-order valence-electron chi connectivity index (χ1n) is 3.72. The van der Waals surface area contributed by atoms with E-state index in [9.17, 15) is 4.79 Å². The van der Waals surface area contributed by atoms with Crippen molar-refractivity contribution < 1.29 is 4.79 Å². The molecule has 1 aliphatic rings. The Balaban J connectivity index is 2.05. The fourth-order valence-electron chi connectivity index (χ4n) is 1.02.